The van der Waals surface area contributed by atoms with Gasteiger partial charge in [0.1, 0.15) is 5.82 Å². The molecule has 0 N–H and O–H groups in total. The number of nitrogens with zero attached hydrogens (tertiary/aromatic N) is 4. The van der Waals surface area contributed by atoms with Crippen molar-refractivity contribution in [1.82, 2.24) is 14.8 Å². The van der Waals surface area contributed by atoms with E-state index >= 15 is 0 Å². The number of hydrogen-bond acceptors (Lipinski definition) is 6. The molecule has 0 radical (unpaired) electrons. The minimum atomic E-state index is -0.269. The molecule has 0 saturated carbocycles. The topological polar surface area (TPSA) is 52.4 Å². The van der Waals surface area contributed by atoms with Gasteiger partial charge < -0.3 is 14.4 Å². The first-order valence-corrected chi connectivity index (χ1v) is 9.58. The average Bonchev–Trinajstić information content (AvgIpc) is 3.30. The van der Waals surface area contributed by atoms with E-state index in [4.69, 9.17) is 9.47 Å². The van der Waals surface area contributed by atoms with Gasteiger partial charge in [0.2, 0.25) is 5.95 Å². The quantitative estimate of drug-likeness (QED) is 0.760. The number of thioether (sulfide) groups is 1. The Hall–Kier alpha value is -1.64. The maximum Gasteiger partial charge on any atom is 0.232 e. The van der Waals surface area contributed by atoms with Gasteiger partial charge in [0.05, 0.1) is 25.0 Å². The summed E-state index contributed by atoms with van der Waals surface area (Å²) in [6, 6.07) is 6.56. The van der Waals surface area contributed by atoms with Gasteiger partial charge in [-0.25, -0.2) is 4.39 Å². The van der Waals surface area contributed by atoms with Crippen LogP contribution in [0.1, 0.15) is 12.8 Å². The van der Waals surface area contributed by atoms with Gasteiger partial charge in [-0.05, 0) is 31.0 Å². The Labute approximate surface area is 150 Å². The smallest absolute Gasteiger partial charge is 0.232 e. The minimum absolute atomic E-state index is 0.259. The van der Waals surface area contributed by atoms with E-state index in [0.29, 0.717) is 13.2 Å². The lowest BCUT2D eigenvalue weighted by Gasteiger charge is -2.28. The van der Waals surface area contributed by atoms with Crippen LogP contribution in [0.5, 0.6) is 0 Å². The molecule has 0 aliphatic carbocycles. The largest absolute Gasteiger partial charge is 0.378 e. The predicted octanol–water partition coefficient (Wildman–Crippen LogP) is 2.51. The maximum absolute atomic E-state index is 13.8. The van der Waals surface area contributed by atoms with Crippen LogP contribution in [0, 0.1) is 5.82 Å². The van der Waals surface area contributed by atoms with Crippen molar-refractivity contribution in [3.05, 3.63) is 30.1 Å². The third kappa shape index (κ3) is 3.80. The summed E-state index contributed by atoms with van der Waals surface area (Å²) in [5.74, 6) is 1.30. The molecule has 134 valence electrons. The van der Waals surface area contributed by atoms with Gasteiger partial charge in [-0.1, -0.05) is 17.8 Å². The number of benzene rings is 1. The summed E-state index contributed by atoms with van der Waals surface area (Å²) < 4.78 is 26.8. The zero-order chi connectivity index (χ0) is 17.1. The van der Waals surface area contributed by atoms with Crippen LogP contribution in [-0.2, 0) is 9.47 Å². The van der Waals surface area contributed by atoms with Crippen LogP contribution in [0.3, 0.4) is 0 Å². The summed E-state index contributed by atoms with van der Waals surface area (Å²) >= 11 is 1.61. The second-order valence-corrected chi connectivity index (χ2v) is 7.13. The first-order chi connectivity index (χ1) is 12.3. The van der Waals surface area contributed by atoms with Gasteiger partial charge in [0.15, 0.2) is 5.16 Å². The summed E-state index contributed by atoms with van der Waals surface area (Å²) in [5.41, 5.74) is 0.737. The summed E-state index contributed by atoms with van der Waals surface area (Å²) in [7, 11) is 0. The number of halogens is 1. The third-order valence-electron chi connectivity index (χ3n) is 4.40. The van der Waals surface area contributed by atoms with Gasteiger partial charge in [-0.2, -0.15) is 0 Å². The van der Waals surface area contributed by atoms with Crippen LogP contribution < -0.4 is 4.90 Å². The highest BCUT2D eigenvalue weighted by Crippen LogP contribution is 2.29. The van der Waals surface area contributed by atoms with Crippen LogP contribution in [0.25, 0.3) is 5.69 Å². The lowest BCUT2D eigenvalue weighted by molar-refractivity contribution is 0.122. The highest BCUT2D eigenvalue weighted by molar-refractivity contribution is 7.99. The second kappa shape index (κ2) is 7.72. The first kappa shape index (κ1) is 16.8. The van der Waals surface area contributed by atoms with Crippen LogP contribution in [0.15, 0.2) is 29.4 Å². The molecule has 2 aliphatic rings. The Bertz CT molecular complexity index is 714. The number of anilines is 1. The van der Waals surface area contributed by atoms with Crippen molar-refractivity contribution in [2.24, 2.45) is 0 Å². The van der Waals surface area contributed by atoms with E-state index in [0.717, 1.165) is 55.1 Å². The fraction of sp³-hybridized carbons (Fsp3) is 0.529. The summed E-state index contributed by atoms with van der Waals surface area (Å²) in [5, 5.41) is 9.53. The van der Waals surface area contributed by atoms with Gasteiger partial charge >= 0.3 is 0 Å². The number of rotatable bonds is 5. The zero-order valence-electron chi connectivity index (χ0n) is 13.9. The SMILES string of the molecule is Fc1cccc(-n2c(SC[C@H]3CCCO3)nnc2N2CCOCC2)c1. The van der Waals surface area contributed by atoms with Gasteiger partial charge in [-0.15, -0.1) is 10.2 Å². The Balaban J connectivity index is 1.64. The van der Waals surface area contributed by atoms with Crippen molar-refractivity contribution < 1.29 is 13.9 Å². The van der Waals surface area contributed by atoms with Crippen molar-refractivity contribution >= 4 is 17.7 Å². The summed E-state index contributed by atoms with van der Waals surface area (Å²) in [6.07, 6.45) is 2.45. The van der Waals surface area contributed by atoms with Crippen molar-refractivity contribution in [2.75, 3.05) is 43.6 Å². The number of ether oxygens (including phenoxy) is 2. The normalized spacial score (nSPS) is 21.0. The monoisotopic (exact) mass is 364 g/mol. The molecular weight excluding hydrogens is 343 g/mol. The van der Waals surface area contributed by atoms with Crippen molar-refractivity contribution in [1.29, 1.82) is 0 Å². The molecule has 0 amide bonds. The molecular formula is C17H21FN4O2S. The fourth-order valence-corrected chi connectivity index (χ4v) is 4.12. The molecule has 1 aromatic carbocycles. The Kier molecular flexibility index (Phi) is 5.19. The van der Waals surface area contributed by atoms with Gasteiger partial charge in [-0.3, -0.25) is 4.57 Å². The van der Waals surface area contributed by atoms with Gasteiger partial charge in [0, 0.05) is 25.4 Å². The standard InChI is InChI=1S/C17H21FN4O2S/c18-13-3-1-4-14(11-13)22-16(21-6-9-23-10-7-21)19-20-17(22)25-12-15-5-2-8-24-15/h1,3-4,11,15H,2,5-10,12H2/t15-/m1/s1. The molecule has 2 aliphatic heterocycles. The lowest BCUT2D eigenvalue weighted by Crippen LogP contribution is -2.37. The Morgan fingerprint density at radius 1 is 1.20 bits per heavy atom. The molecule has 4 rings (SSSR count). The number of morpholine rings is 1. The molecule has 8 heteroatoms. The molecule has 2 fully saturated rings. The van der Waals surface area contributed by atoms with Crippen molar-refractivity contribution in [2.45, 2.75) is 24.1 Å². The molecule has 2 aromatic rings. The van der Waals surface area contributed by atoms with Crippen LogP contribution >= 0.6 is 11.8 Å². The predicted molar refractivity (Wildman–Crippen MR) is 94.0 cm³/mol. The van der Waals surface area contributed by atoms with E-state index < -0.39 is 0 Å². The molecule has 0 bridgehead atoms. The maximum atomic E-state index is 13.8. The minimum Gasteiger partial charge on any atom is -0.378 e. The van der Waals surface area contributed by atoms with Crippen molar-refractivity contribution in [3.8, 4) is 5.69 Å². The summed E-state index contributed by atoms with van der Waals surface area (Å²) in [6.45, 7) is 3.66. The Morgan fingerprint density at radius 2 is 2.08 bits per heavy atom. The molecule has 6 nitrogen and oxygen atoms in total. The molecule has 2 saturated heterocycles. The van der Waals surface area contributed by atoms with Gasteiger partial charge in [0.25, 0.3) is 0 Å². The van der Waals surface area contributed by atoms with E-state index in [1.807, 2.05) is 10.6 Å². The van der Waals surface area contributed by atoms with Crippen molar-refractivity contribution in [3.63, 3.8) is 0 Å². The second-order valence-electron chi connectivity index (χ2n) is 6.14. The molecule has 0 unspecified atom stereocenters. The molecule has 25 heavy (non-hydrogen) atoms. The highest BCUT2D eigenvalue weighted by Gasteiger charge is 2.23. The fourth-order valence-electron chi connectivity index (χ4n) is 3.11. The van der Waals surface area contributed by atoms with Crippen LogP contribution in [0.2, 0.25) is 0 Å². The number of aromatic nitrogens is 3. The van der Waals surface area contributed by atoms with Crippen LogP contribution in [-0.4, -0.2) is 59.5 Å². The van der Waals surface area contributed by atoms with E-state index in [2.05, 4.69) is 15.1 Å². The third-order valence-corrected chi connectivity index (χ3v) is 5.46. The van der Waals surface area contributed by atoms with E-state index in [-0.39, 0.29) is 11.9 Å². The molecule has 1 aromatic heterocycles. The summed E-state index contributed by atoms with van der Waals surface area (Å²) in [4.78, 5) is 2.14. The molecule has 3 heterocycles. The first-order valence-electron chi connectivity index (χ1n) is 8.60. The van der Waals surface area contributed by atoms with Crippen LogP contribution in [0.4, 0.5) is 10.3 Å². The van der Waals surface area contributed by atoms with E-state index in [1.54, 1.807) is 17.8 Å². The van der Waals surface area contributed by atoms with E-state index in [1.165, 1.54) is 12.1 Å². The zero-order valence-corrected chi connectivity index (χ0v) is 14.8. The average molecular weight is 364 g/mol. The van der Waals surface area contributed by atoms with E-state index in [9.17, 15) is 4.39 Å². The highest BCUT2D eigenvalue weighted by atomic mass is 32.2. The Morgan fingerprint density at radius 3 is 2.84 bits per heavy atom. The lowest BCUT2D eigenvalue weighted by atomic mass is 10.3. The molecule has 0 spiro atoms. The molecule has 1 atom stereocenters. The number of hydrogen-bond donors (Lipinski definition) is 0.